The van der Waals surface area contributed by atoms with Crippen LogP contribution in [0.2, 0.25) is 5.02 Å². The highest BCUT2D eigenvalue weighted by Gasteiger charge is 2.34. The molecule has 4 N–H and O–H groups in total. The Balaban J connectivity index is 0.000000878. The van der Waals surface area contributed by atoms with Crippen LogP contribution >= 0.6 is 11.6 Å². The molecule has 2 aromatic carbocycles. The summed E-state index contributed by atoms with van der Waals surface area (Å²) >= 11 is 5.89. The van der Waals surface area contributed by atoms with Gasteiger partial charge in [0, 0.05) is 18.1 Å². The molecule has 0 amide bonds. The lowest BCUT2D eigenvalue weighted by Gasteiger charge is -2.38. The summed E-state index contributed by atoms with van der Waals surface area (Å²) in [5.74, 6) is 0. The second kappa shape index (κ2) is 8.91. The van der Waals surface area contributed by atoms with Crippen molar-refractivity contribution in [3.8, 4) is 11.1 Å². The van der Waals surface area contributed by atoms with Gasteiger partial charge < -0.3 is 20.9 Å². The fourth-order valence-corrected chi connectivity index (χ4v) is 3.22. The van der Waals surface area contributed by atoms with E-state index in [2.05, 4.69) is 5.32 Å². The molecule has 0 aliphatic carbocycles. The van der Waals surface area contributed by atoms with Gasteiger partial charge in [0.1, 0.15) is 11.8 Å². The molecule has 2 unspecified atom stereocenters. The molecule has 0 aromatic heterocycles. The molecule has 28 heavy (non-hydrogen) atoms. The molecular weight excluding hydrogens is 397 g/mol. The summed E-state index contributed by atoms with van der Waals surface area (Å²) in [7, 11) is 0. The van der Waals surface area contributed by atoms with E-state index < -0.39 is 23.6 Å². The summed E-state index contributed by atoms with van der Waals surface area (Å²) in [6, 6.07) is 10.7. The van der Waals surface area contributed by atoms with E-state index in [0.29, 0.717) is 24.2 Å². The van der Waals surface area contributed by atoms with Gasteiger partial charge in [-0.05, 0) is 47.9 Å². The maximum absolute atomic E-state index is 13.0. The smallest absolute Gasteiger partial charge is 0.416 e. The van der Waals surface area contributed by atoms with Gasteiger partial charge in [-0.25, -0.2) is 0 Å². The van der Waals surface area contributed by atoms with Gasteiger partial charge in [0.2, 0.25) is 0 Å². The largest absolute Gasteiger partial charge is 0.483 e. The number of benzene rings is 2. The average molecular weight is 417 g/mol. The predicted molar refractivity (Wildman–Crippen MR) is 99.9 cm³/mol. The van der Waals surface area contributed by atoms with Gasteiger partial charge in [-0.2, -0.15) is 13.2 Å². The number of morpholine rings is 1. The van der Waals surface area contributed by atoms with Crippen LogP contribution in [0, 0.1) is 0 Å². The van der Waals surface area contributed by atoms with Crippen LogP contribution in [-0.4, -0.2) is 30.9 Å². The van der Waals surface area contributed by atoms with Crippen molar-refractivity contribution in [2.75, 3.05) is 13.1 Å². The van der Waals surface area contributed by atoms with Crippen LogP contribution in [0.1, 0.15) is 18.1 Å². The third-order valence-electron chi connectivity index (χ3n) is 4.25. The molecular formula is C19H20ClF3N2O3. The van der Waals surface area contributed by atoms with E-state index in [0.717, 1.165) is 17.7 Å². The zero-order valence-corrected chi connectivity index (χ0v) is 15.7. The van der Waals surface area contributed by atoms with Crippen molar-refractivity contribution < 1.29 is 27.8 Å². The fourth-order valence-electron chi connectivity index (χ4n) is 2.99. The van der Waals surface area contributed by atoms with E-state index in [-0.39, 0.29) is 11.5 Å². The number of halogens is 4. The molecule has 1 saturated heterocycles. The second-order valence-electron chi connectivity index (χ2n) is 6.43. The van der Waals surface area contributed by atoms with Gasteiger partial charge >= 0.3 is 6.18 Å². The first-order valence-electron chi connectivity index (χ1n) is 8.30. The lowest BCUT2D eigenvalue weighted by molar-refractivity contribution is -0.137. The minimum absolute atomic E-state index is 0.0408. The number of hydrogen-bond donors (Lipinski definition) is 3. The first kappa shape index (κ1) is 22.2. The Kier molecular flexibility index (Phi) is 7.06. The molecule has 2 aromatic rings. The molecule has 1 fully saturated rings. The molecule has 0 radical (unpaired) electrons. The van der Waals surface area contributed by atoms with Gasteiger partial charge in [-0.3, -0.25) is 4.79 Å². The summed E-state index contributed by atoms with van der Waals surface area (Å²) in [4.78, 5) is 8.36. The quantitative estimate of drug-likeness (QED) is 0.648. The van der Waals surface area contributed by atoms with Crippen LogP contribution in [0.15, 0.2) is 42.5 Å². The number of carboxylic acid groups (broad SMARTS) is 1. The zero-order chi connectivity index (χ0) is 20.9. The first-order valence-corrected chi connectivity index (χ1v) is 8.67. The molecule has 1 aliphatic heterocycles. The summed E-state index contributed by atoms with van der Waals surface area (Å²) < 4.78 is 45.0. The zero-order valence-electron chi connectivity index (χ0n) is 15.0. The fraction of sp³-hybridized carbons (Fsp3) is 0.316. The molecule has 1 aliphatic rings. The predicted octanol–water partition coefficient (Wildman–Crippen LogP) is 3.85. The molecule has 2 atom stereocenters. The van der Waals surface area contributed by atoms with Crippen molar-refractivity contribution in [1.29, 1.82) is 0 Å². The van der Waals surface area contributed by atoms with Crippen molar-refractivity contribution in [3.63, 3.8) is 0 Å². The van der Waals surface area contributed by atoms with Crippen LogP contribution in [0.4, 0.5) is 13.2 Å². The van der Waals surface area contributed by atoms with E-state index in [1.54, 1.807) is 12.1 Å². The second-order valence-corrected chi connectivity index (χ2v) is 6.87. The highest BCUT2D eigenvalue weighted by atomic mass is 35.5. The number of carbonyl (C=O) groups is 1. The molecule has 0 bridgehead atoms. The standard InChI is InChI=1S/C18H18ClF3N2O.CH2O2/c1-17(10-24-9-16(23)25-17)13-4-2-3-11(5-13)12-6-14(18(20,21)22)8-15(19)7-12;2-1-3/h2-8,16,24H,9-10,23H2,1H3;1H,(H,2,3). The summed E-state index contributed by atoms with van der Waals surface area (Å²) in [5, 5.41) is 10.1. The van der Waals surface area contributed by atoms with Gasteiger partial charge in [0.05, 0.1) is 5.56 Å². The lowest BCUT2D eigenvalue weighted by atomic mass is 9.91. The van der Waals surface area contributed by atoms with Gasteiger partial charge in [0.15, 0.2) is 0 Å². The molecule has 0 spiro atoms. The maximum atomic E-state index is 13.0. The van der Waals surface area contributed by atoms with Crippen LogP contribution in [0.3, 0.4) is 0 Å². The third-order valence-corrected chi connectivity index (χ3v) is 4.47. The van der Waals surface area contributed by atoms with Crippen LogP contribution in [0.5, 0.6) is 0 Å². The molecule has 3 rings (SSSR count). The first-order chi connectivity index (χ1) is 13.1. The Labute approximate surface area is 165 Å². The molecule has 0 saturated carbocycles. The van der Waals surface area contributed by atoms with Crippen LogP contribution in [-0.2, 0) is 21.3 Å². The van der Waals surface area contributed by atoms with Crippen LogP contribution in [0.25, 0.3) is 11.1 Å². The number of ether oxygens (including phenoxy) is 1. The number of alkyl halides is 3. The number of rotatable bonds is 2. The van der Waals surface area contributed by atoms with Crippen molar-refractivity contribution >= 4 is 18.1 Å². The topological polar surface area (TPSA) is 84.6 Å². The van der Waals surface area contributed by atoms with Crippen molar-refractivity contribution in [2.24, 2.45) is 5.73 Å². The third kappa shape index (κ3) is 5.45. The SMILES string of the molecule is CC1(c2cccc(-c3cc(Cl)cc(C(F)(F)F)c3)c2)CNCC(N)O1.O=CO. The molecule has 5 nitrogen and oxygen atoms in total. The van der Waals surface area contributed by atoms with E-state index in [9.17, 15) is 13.2 Å². The normalized spacial score (nSPS) is 22.1. The minimum Gasteiger partial charge on any atom is -0.483 e. The van der Waals surface area contributed by atoms with E-state index in [1.165, 1.54) is 6.07 Å². The Bertz CT molecular complexity index is 832. The average Bonchev–Trinajstić information content (AvgIpc) is 2.61. The Morgan fingerprint density at radius 2 is 1.96 bits per heavy atom. The van der Waals surface area contributed by atoms with E-state index >= 15 is 0 Å². The minimum atomic E-state index is -4.45. The van der Waals surface area contributed by atoms with Crippen molar-refractivity contribution in [3.05, 3.63) is 58.6 Å². The van der Waals surface area contributed by atoms with Crippen molar-refractivity contribution in [2.45, 2.75) is 24.9 Å². The summed E-state index contributed by atoms with van der Waals surface area (Å²) in [6.45, 7) is 2.77. The van der Waals surface area contributed by atoms with Gasteiger partial charge in [-0.15, -0.1) is 0 Å². The summed E-state index contributed by atoms with van der Waals surface area (Å²) in [5.41, 5.74) is 6.30. The molecule has 152 valence electrons. The van der Waals surface area contributed by atoms with Gasteiger partial charge in [0.25, 0.3) is 6.47 Å². The number of nitrogens with two attached hydrogens (primary N) is 1. The Morgan fingerprint density at radius 1 is 1.29 bits per heavy atom. The molecule has 1 heterocycles. The van der Waals surface area contributed by atoms with Crippen molar-refractivity contribution in [1.82, 2.24) is 5.32 Å². The monoisotopic (exact) mass is 416 g/mol. The lowest BCUT2D eigenvalue weighted by Crippen LogP contribution is -2.53. The van der Waals surface area contributed by atoms with E-state index in [1.807, 2.05) is 19.1 Å². The molecule has 9 heteroatoms. The number of nitrogens with one attached hydrogen (secondary N) is 1. The highest BCUT2D eigenvalue weighted by molar-refractivity contribution is 6.31. The Morgan fingerprint density at radius 3 is 2.57 bits per heavy atom. The highest BCUT2D eigenvalue weighted by Crippen LogP contribution is 2.36. The Hall–Kier alpha value is -2.13. The van der Waals surface area contributed by atoms with Gasteiger partial charge in [-0.1, -0.05) is 29.8 Å². The number of hydrogen-bond acceptors (Lipinski definition) is 4. The van der Waals surface area contributed by atoms with E-state index in [4.69, 9.17) is 32.0 Å². The maximum Gasteiger partial charge on any atom is 0.416 e. The van der Waals surface area contributed by atoms with Crippen LogP contribution < -0.4 is 11.1 Å². The summed E-state index contributed by atoms with van der Waals surface area (Å²) in [6.07, 6.45) is -4.89.